The lowest BCUT2D eigenvalue weighted by atomic mass is 10.1. The van der Waals surface area contributed by atoms with Crippen molar-refractivity contribution in [2.75, 3.05) is 34.8 Å². The maximum atomic E-state index is 13.5. The molecular weight excluding hydrogens is 421 g/mol. The Labute approximate surface area is 192 Å². The van der Waals surface area contributed by atoms with Crippen LogP contribution in [0.25, 0.3) is 0 Å². The number of aromatic nitrogens is 2. The van der Waals surface area contributed by atoms with Gasteiger partial charge in [-0.3, -0.25) is 9.78 Å². The molecule has 0 radical (unpaired) electrons. The van der Waals surface area contributed by atoms with Gasteiger partial charge in [0.2, 0.25) is 6.41 Å². The van der Waals surface area contributed by atoms with E-state index in [9.17, 15) is 14.3 Å². The molecule has 7 nitrogen and oxygen atoms in total. The number of anilines is 3. The van der Waals surface area contributed by atoms with Gasteiger partial charge in [-0.15, -0.1) is 0 Å². The Kier molecular flexibility index (Phi) is 7.47. The molecular formula is C25H28FN5O2. The molecule has 1 aliphatic heterocycles. The van der Waals surface area contributed by atoms with Crippen LogP contribution in [-0.2, 0) is 17.8 Å². The van der Waals surface area contributed by atoms with Gasteiger partial charge in [-0.05, 0) is 60.7 Å². The number of rotatable bonds is 9. The van der Waals surface area contributed by atoms with E-state index < -0.39 is 0 Å². The number of carbonyl (C=O) groups excluding carboxylic acids is 1. The molecule has 4 rings (SSSR count). The molecule has 1 aromatic carbocycles. The first-order valence-electron chi connectivity index (χ1n) is 11.2. The van der Waals surface area contributed by atoms with Crippen molar-refractivity contribution >= 4 is 23.7 Å². The van der Waals surface area contributed by atoms with Gasteiger partial charge in [-0.25, -0.2) is 9.37 Å². The second kappa shape index (κ2) is 10.9. The lowest BCUT2D eigenvalue weighted by molar-refractivity contribution is -0.107. The number of hydrogen-bond acceptors (Lipinski definition) is 6. The number of amides is 1. The zero-order valence-electron chi connectivity index (χ0n) is 18.4. The quantitative estimate of drug-likeness (QED) is 0.488. The molecule has 0 aliphatic carbocycles. The maximum absolute atomic E-state index is 13.5. The van der Waals surface area contributed by atoms with Crippen molar-refractivity contribution in [2.24, 2.45) is 0 Å². The summed E-state index contributed by atoms with van der Waals surface area (Å²) in [7, 11) is 0. The van der Waals surface area contributed by atoms with E-state index in [4.69, 9.17) is 4.98 Å². The van der Waals surface area contributed by atoms with Gasteiger partial charge in [-0.2, -0.15) is 0 Å². The summed E-state index contributed by atoms with van der Waals surface area (Å²) in [5.74, 6) is 1.13. The second-order valence-electron chi connectivity index (χ2n) is 8.16. The molecule has 3 aromatic rings. The van der Waals surface area contributed by atoms with Crippen LogP contribution in [0.4, 0.5) is 21.7 Å². The van der Waals surface area contributed by atoms with E-state index >= 15 is 0 Å². The number of pyridine rings is 2. The Hall–Kier alpha value is -3.52. The molecule has 0 saturated carbocycles. The van der Waals surface area contributed by atoms with Gasteiger partial charge in [0.05, 0.1) is 18.3 Å². The van der Waals surface area contributed by atoms with Gasteiger partial charge < -0.3 is 20.2 Å². The molecule has 0 atom stereocenters. The number of piperidine rings is 1. The highest BCUT2D eigenvalue weighted by Gasteiger charge is 2.20. The van der Waals surface area contributed by atoms with Crippen LogP contribution < -0.4 is 15.1 Å². The second-order valence-corrected chi connectivity index (χ2v) is 8.16. The van der Waals surface area contributed by atoms with Crippen molar-refractivity contribution in [3.05, 3.63) is 77.9 Å². The zero-order valence-corrected chi connectivity index (χ0v) is 18.4. The molecule has 1 saturated heterocycles. The molecule has 33 heavy (non-hydrogen) atoms. The third kappa shape index (κ3) is 6.04. The number of aliphatic hydroxyl groups is 1. The number of nitrogens with zero attached hydrogens (tertiary/aromatic N) is 4. The van der Waals surface area contributed by atoms with Crippen LogP contribution in [0.5, 0.6) is 0 Å². The topological polar surface area (TPSA) is 81.6 Å². The molecule has 1 aliphatic rings. The zero-order chi connectivity index (χ0) is 23.0. The summed E-state index contributed by atoms with van der Waals surface area (Å²) in [4.78, 5) is 24.7. The van der Waals surface area contributed by atoms with Gasteiger partial charge >= 0.3 is 0 Å². The first-order chi connectivity index (χ1) is 16.1. The summed E-state index contributed by atoms with van der Waals surface area (Å²) in [6, 6.07) is 14.1. The largest absolute Gasteiger partial charge is 0.393 e. The average Bonchev–Trinajstić information content (AvgIpc) is 2.84. The number of halogens is 1. The minimum absolute atomic E-state index is 0.260. The van der Waals surface area contributed by atoms with Gasteiger partial charge in [0.25, 0.3) is 0 Å². The molecule has 2 N–H and O–H groups in total. The first-order valence-corrected chi connectivity index (χ1v) is 11.2. The van der Waals surface area contributed by atoms with Crippen LogP contribution in [0.2, 0.25) is 0 Å². The van der Waals surface area contributed by atoms with Crippen molar-refractivity contribution in [2.45, 2.75) is 31.9 Å². The fourth-order valence-corrected chi connectivity index (χ4v) is 3.96. The summed E-state index contributed by atoms with van der Waals surface area (Å²) in [6.45, 7) is 2.35. The molecule has 8 heteroatoms. The molecule has 2 aromatic heterocycles. The van der Waals surface area contributed by atoms with E-state index in [1.54, 1.807) is 23.4 Å². The van der Waals surface area contributed by atoms with Crippen LogP contribution >= 0.6 is 0 Å². The van der Waals surface area contributed by atoms with Gasteiger partial charge in [0.15, 0.2) is 5.82 Å². The number of hydrogen-bond donors (Lipinski definition) is 2. The van der Waals surface area contributed by atoms with Gasteiger partial charge in [0, 0.05) is 32.0 Å². The van der Waals surface area contributed by atoms with E-state index in [1.807, 2.05) is 30.3 Å². The van der Waals surface area contributed by atoms with Crippen LogP contribution in [-0.4, -0.2) is 47.2 Å². The normalized spacial score (nSPS) is 14.2. The lowest BCUT2D eigenvalue weighted by Gasteiger charge is -2.31. The molecule has 0 bridgehead atoms. The maximum Gasteiger partial charge on any atom is 0.214 e. The lowest BCUT2D eigenvalue weighted by Crippen LogP contribution is -2.36. The predicted octanol–water partition coefficient (Wildman–Crippen LogP) is 3.39. The third-order valence-electron chi connectivity index (χ3n) is 5.76. The van der Waals surface area contributed by atoms with Crippen LogP contribution in [0, 0.1) is 5.82 Å². The number of nitrogens with one attached hydrogen (secondary N) is 1. The van der Waals surface area contributed by atoms with Gasteiger partial charge in [0.1, 0.15) is 11.6 Å². The summed E-state index contributed by atoms with van der Waals surface area (Å²) in [5.41, 5.74) is 2.45. The number of carbonyl (C=O) groups is 1. The van der Waals surface area contributed by atoms with Crippen molar-refractivity contribution < 1.29 is 14.3 Å². The molecule has 1 fully saturated rings. The Morgan fingerprint density at radius 2 is 1.97 bits per heavy atom. The molecule has 0 unspecified atom stereocenters. The Bertz CT molecular complexity index is 1060. The molecule has 1 amide bonds. The highest BCUT2D eigenvalue weighted by Crippen LogP contribution is 2.29. The first kappa shape index (κ1) is 22.7. The van der Waals surface area contributed by atoms with E-state index in [2.05, 4.69) is 15.2 Å². The number of benzene rings is 1. The predicted molar refractivity (Wildman–Crippen MR) is 127 cm³/mol. The Morgan fingerprint density at radius 1 is 1.15 bits per heavy atom. The summed E-state index contributed by atoms with van der Waals surface area (Å²) >= 11 is 0. The highest BCUT2D eigenvalue weighted by atomic mass is 19.1. The molecule has 0 spiro atoms. The number of aliphatic hydroxyl groups excluding tert-OH is 1. The van der Waals surface area contributed by atoms with E-state index in [-0.39, 0.29) is 11.9 Å². The van der Waals surface area contributed by atoms with Crippen LogP contribution in [0.3, 0.4) is 0 Å². The van der Waals surface area contributed by atoms with E-state index in [0.717, 1.165) is 36.4 Å². The van der Waals surface area contributed by atoms with E-state index in [1.165, 1.54) is 12.1 Å². The Morgan fingerprint density at radius 3 is 2.70 bits per heavy atom. The van der Waals surface area contributed by atoms with Crippen molar-refractivity contribution in [3.8, 4) is 0 Å². The summed E-state index contributed by atoms with van der Waals surface area (Å²) in [5, 5.41) is 13.2. The SMILES string of the molecule is O=CN(Cc1cccnc1)c1ccc(N2CCC(O)CC2)nc1NCCc1cccc(F)c1. The smallest absolute Gasteiger partial charge is 0.214 e. The fourth-order valence-electron chi connectivity index (χ4n) is 3.96. The standard InChI is InChI=1S/C25H28FN5O2/c26-21-5-1-3-19(15-21)8-12-28-25-23(31(18-32)17-20-4-2-11-27-16-20)6-7-24(29-25)30-13-9-22(33)10-14-30/h1-7,11,15-16,18,22,33H,8-10,12-14,17H2,(H,28,29). The van der Waals surface area contributed by atoms with Crippen molar-refractivity contribution in [1.29, 1.82) is 0 Å². The van der Waals surface area contributed by atoms with Crippen molar-refractivity contribution in [3.63, 3.8) is 0 Å². The summed E-state index contributed by atoms with van der Waals surface area (Å²) in [6.07, 6.45) is 5.96. The third-order valence-corrected chi connectivity index (χ3v) is 5.76. The summed E-state index contributed by atoms with van der Waals surface area (Å²) < 4.78 is 13.5. The van der Waals surface area contributed by atoms with E-state index in [0.29, 0.717) is 43.9 Å². The van der Waals surface area contributed by atoms with Crippen LogP contribution in [0.1, 0.15) is 24.0 Å². The average molecular weight is 450 g/mol. The Balaban J connectivity index is 1.56. The van der Waals surface area contributed by atoms with Crippen LogP contribution in [0.15, 0.2) is 60.9 Å². The highest BCUT2D eigenvalue weighted by molar-refractivity contribution is 5.82. The molecule has 3 heterocycles. The van der Waals surface area contributed by atoms with Gasteiger partial charge in [-0.1, -0.05) is 18.2 Å². The fraction of sp³-hybridized carbons (Fsp3) is 0.320. The minimum Gasteiger partial charge on any atom is -0.393 e. The van der Waals surface area contributed by atoms with Crippen molar-refractivity contribution in [1.82, 2.24) is 9.97 Å². The molecule has 172 valence electrons. The monoisotopic (exact) mass is 449 g/mol. The minimum atomic E-state index is -0.269.